The molecule has 0 radical (unpaired) electrons. The van der Waals surface area contributed by atoms with Gasteiger partial charge in [0.25, 0.3) is 0 Å². The Kier molecular flexibility index (Phi) is 3.68. The van der Waals surface area contributed by atoms with E-state index < -0.39 is 0 Å². The number of nitrogens with one attached hydrogen (secondary N) is 1. The van der Waals surface area contributed by atoms with Gasteiger partial charge in [-0.3, -0.25) is 0 Å². The molecule has 0 bridgehead atoms. The van der Waals surface area contributed by atoms with Gasteiger partial charge in [-0.15, -0.1) is 0 Å². The summed E-state index contributed by atoms with van der Waals surface area (Å²) in [6, 6.07) is 0.765. The fraction of sp³-hybridized carbons (Fsp3) is 1.00. The Morgan fingerprint density at radius 2 is 1.93 bits per heavy atom. The van der Waals surface area contributed by atoms with Crippen molar-refractivity contribution in [3.8, 4) is 0 Å². The highest BCUT2D eigenvalue weighted by Crippen LogP contribution is 2.38. The van der Waals surface area contributed by atoms with Crippen molar-refractivity contribution in [2.24, 2.45) is 11.7 Å². The summed E-state index contributed by atoms with van der Waals surface area (Å²) < 4.78 is 0. The molecule has 2 aliphatic carbocycles. The number of nitrogens with two attached hydrogens (primary N) is 1. The van der Waals surface area contributed by atoms with Crippen LogP contribution in [0.2, 0.25) is 0 Å². The SMILES string of the molecule is CCC1CCCC1(CN)NC1CCCC1. The molecule has 2 unspecified atom stereocenters. The molecule has 0 saturated heterocycles. The van der Waals surface area contributed by atoms with E-state index in [4.69, 9.17) is 5.73 Å². The van der Waals surface area contributed by atoms with E-state index in [9.17, 15) is 0 Å². The van der Waals surface area contributed by atoms with Gasteiger partial charge in [0, 0.05) is 18.1 Å². The van der Waals surface area contributed by atoms with Crippen molar-refractivity contribution in [3.63, 3.8) is 0 Å². The maximum absolute atomic E-state index is 6.05. The Balaban J connectivity index is 1.99. The van der Waals surface area contributed by atoms with Gasteiger partial charge in [-0.05, 0) is 31.6 Å². The van der Waals surface area contributed by atoms with Crippen molar-refractivity contribution in [1.29, 1.82) is 0 Å². The van der Waals surface area contributed by atoms with Crippen molar-refractivity contribution in [1.82, 2.24) is 5.32 Å². The lowest BCUT2D eigenvalue weighted by atomic mass is 9.84. The summed E-state index contributed by atoms with van der Waals surface area (Å²) in [6.07, 6.45) is 10.9. The number of rotatable bonds is 4. The van der Waals surface area contributed by atoms with Crippen LogP contribution in [0, 0.1) is 5.92 Å². The summed E-state index contributed by atoms with van der Waals surface area (Å²) in [5.41, 5.74) is 6.35. The molecular weight excluding hydrogens is 184 g/mol. The minimum Gasteiger partial charge on any atom is -0.329 e. The molecule has 15 heavy (non-hydrogen) atoms. The van der Waals surface area contributed by atoms with E-state index in [2.05, 4.69) is 12.2 Å². The topological polar surface area (TPSA) is 38.0 Å². The normalized spacial score (nSPS) is 37.6. The molecule has 2 fully saturated rings. The molecule has 2 saturated carbocycles. The molecule has 0 aliphatic heterocycles. The van der Waals surface area contributed by atoms with Crippen LogP contribution in [-0.4, -0.2) is 18.1 Å². The van der Waals surface area contributed by atoms with Crippen LogP contribution in [0.3, 0.4) is 0 Å². The standard InChI is InChI=1S/C13H26N2/c1-2-11-6-5-9-13(11,10-14)15-12-7-3-4-8-12/h11-12,15H,2-10,14H2,1H3. The summed E-state index contributed by atoms with van der Waals surface area (Å²) >= 11 is 0. The van der Waals surface area contributed by atoms with Gasteiger partial charge in [-0.2, -0.15) is 0 Å². The van der Waals surface area contributed by atoms with Crippen molar-refractivity contribution in [2.45, 2.75) is 69.9 Å². The third-order valence-electron chi connectivity index (χ3n) is 4.66. The fourth-order valence-electron chi connectivity index (χ4n) is 3.73. The Morgan fingerprint density at radius 3 is 2.53 bits per heavy atom. The van der Waals surface area contributed by atoms with Crippen molar-refractivity contribution >= 4 is 0 Å². The first-order valence-electron chi connectivity index (χ1n) is 6.78. The average Bonchev–Trinajstić information content (AvgIpc) is 2.88. The summed E-state index contributed by atoms with van der Waals surface area (Å²) in [5, 5.41) is 3.92. The lowest BCUT2D eigenvalue weighted by Gasteiger charge is -2.38. The number of hydrogen-bond donors (Lipinski definition) is 2. The Hall–Kier alpha value is -0.0800. The molecule has 0 aromatic carbocycles. The molecule has 2 nitrogen and oxygen atoms in total. The van der Waals surface area contributed by atoms with Gasteiger partial charge in [0.1, 0.15) is 0 Å². The van der Waals surface area contributed by atoms with E-state index in [0.29, 0.717) is 5.54 Å². The van der Waals surface area contributed by atoms with E-state index in [1.165, 1.54) is 51.4 Å². The Morgan fingerprint density at radius 1 is 1.20 bits per heavy atom. The monoisotopic (exact) mass is 210 g/mol. The van der Waals surface area contributed by atoms with Crippen LogP contribution in [0.5, 0.6) is 0 Å². The first-order chi connectivity index (χ1) is 7.30. The molecule has 0 aromatic rings. The fourth-order valence-corrected chi connectivity index (χ4v) is 3.73. The third-order valence-corrected chi connectivity index (χ3v) is 4.66. The van der Waals surface area contributed by atoms with Gasteiger partial charge in [0.15, 0.2) is 0 Å². The highest BCUT2D eigenvalue weighted by molar-refractivity contribution is 5.01. The second-order valence-corrected chi connectivity index (χ2v) is 5.48. The van der Waals surface area contributed by atoms with Crippen LogP contribution in [0.1, 0.15) is 58.3 Å². The predicted molar refractivity (Wildman–Crippen MR) is 64.8 cm³/mol. The third kappa shape index (κ3) is 2.21. The van der Waals surface area contributed by atoms with Crippen molar-refractivity contribution in [2.75, 3.05) is 6.54 Å². The average molecular weight is 210 g/mol. The predicted octanol–water partition coefficient (Wildman–Crippen LogP) is 2.43. The maximum Gasteiger partial charge on any atom is 0.0334 e. The van der Waals surface area contributed by atoms with Gasteiger partial charge in [-0.1, -0.05) is 32.6 Å². The molecule has 2 aliphatic rings. The highest BCUT2D eigenvalue weighted by Gasteiger charge is 2.41. The lowest BCUT2D eigenvalue weighted by Crippen LogP contribution is -2.56. The minimum absolute atomic E-state index is 0.295. The molecular formula is C13H26N2. The van der Waals surface area contributed by atoms with Gasteiger partial charge in [0.05, 0.1) is 0 Å². The quantitative estimate of drug-likeness (QED) is 0.748. The molecule has 2 atom stereocenters. The zero-order chi connectivity index (χ0) is 10.7. The smallest absolute Gasteiger partial charge is 0.0334 e. The van der Waals surface area contributed by atoms with Crippen LogP contribution in [0.15, 0.2) is 0 Å². The van der Waals surface area contributed by atoms with E-state index in [1.807, 2.05) is 0 Å². The molecule has 88 valence electrons. The van der Waals surface area contributed by atoms with Crippen molar-refractivity contribution < 1.29 is 0 Å². The van der Waals surface area contributed by atoms with Crippen LogP contribution in [0.4, 0.5) is 0 Å². The summed E-state index contributed by atoms with van der Waals surface area (Å²) in [6.45, 7) is 3.15. The van der Waals surface area contributed by atoms with E-state index in [-0.39, 0.29) is 0 Å². The maximum atomic E-state index is 6.05. The molecule has 0 aromatic heterocycles. The molecule has 2 heteroatoms. The van der Waals surface area contributed by atoms with Crippen LogP contribution in [0.25, 0.3) is 0 Å². The molecule has 0 amide bonds. The first-order valence-corrected chi connectivity index (χ1v) is 6.78. The molecule has 3 N–H and O–H groups in total. The lowest BCUT2D eigenvalue weighted by molar-refractivity contribution is 0.218. The van der Waals surface area contributed by atoms with E-state index >= 15 is 0 Å². The second-order valence-electron chi connectivity index (χ2n) is 5.48. The minimum atomic E-state index is 0.295. The van der Waals surface area contributed by atoms with E-state index in [0.717, 1.165) is 18.5 Å². The first kappa shape index (κ1) is 11.4. The largest absolute Gasteiger partial charge is 0.329 e. The van der Waals surface area contributed by atoms with Crippen LogP contribution in [-0.2, 0) is 0 Å². The zero-order valence-corrected chi connectivity index (χ0v) is 10.1. The summed E-state index contributed by atoms with van der Waals surface area (Å²) in [7, 11) is 0. The highest BCUT2D eigenvalue weighted by atomic mass is 15.0. The van der Waals surface area contributed by atoms with Crippen molar-refractivity contribution in [3.05, 3.63) is 0 Å². The molecule has 2 rings (SSSR count). The van der Waals surface area contributed by atoms with Gasteiger partial charge in [-0.25, -0.2) is 0 Å². The zero-order valence-electron chi connectivity index (χ0n) is 10.1. The number of hydrogen-bond acceptors (Lipinski definition) is 2. The van der Waals surface area contributed by atoms with Gasteiger partial charge >= 0.3 is 0 Å². The molecule has 0 spiro atoms. The summed E-state index contributed by atoms with van der Waals surface area (Å²) in [5.74, 6) is 0.822. The Bertz CT molecular complexity index is 199. The van der Waals surface area contributed by atoms with Crippen LogP contribution < -0.4 is 11.1 Å². The summed E-state index contributed by atoms with van der Waals surface area (Å²) in [4.78, 5) is 0. The van der Waals surface area contributed by atoms with Crippen LogP contribution >= 0.6 is 0 Å². The molecule has 0 heterocycles. The van der Waals surface area contributed by atoms with E-state index in [1.54, 1.807) is 0 Å². The Labute approximate surface area is 94.0 Å². The second kappa shape index (κ2) is 4.84. The van der Waals surface area contributed by atoms with Gasteiger partial charge < -0.3 is 11.1 Å². The van der Waals surface area contributed by atoms with Gasteiger partial charge in [0.2, 0.25) is 0 Å².